The van der Waals surface area contributed by atoms with Crippen LogP contribution >= 0.6 is 0 Å². The first kappa shape index (κ1) is 14.0. The number of hydrogen-bond donors (Lipinski definition) is 5. The van der Waals surface area contributed by atoms with Crippen LogP contribution < -0.4 is 4.74 Å². The molecule has 5 N–H and O–H groups in total. The summed E-state index contributed by atoms with van der Waals surface area (Å²) in [6.45, 7) is -0.514. The highest BCUT2D eigenvalue weighted by Gasteiger charge is 2.44. The summed E-state index contributed by atoms with van der Waals surface area (Å²) < 4.78 is 10.5. The highest BCUT2D eigenvalue weighted by atomic mass is 16.7. The molecule has 2 rings (SSSR count). The SMILES string of the molecule is OC[C@H]1O[C@@H](Oc2ccc(O)cc2)[C@@H](O)[C@@H](O)[C@@H]1O. The van der Waals surface area contributed by atoms with E-state index in [1.54, 1.807) is 0 Å². The van der Waals surface area contributed by atoms with Gasteiger partial charge in [0.05, 0.1) is 6.61 Å². The molecular weight excluding hydrogens is 256 g/mol. The van der Waals surface area contributed by atoms with Crippen LogP contribution in [0.3, 0.4) is 0 Å². The minimum Gasteiger partial charge on any atom is -0.508 e. The summed E-state index contributed by atoms with van der Waals surface area (Å²) in [5.74, 6) is 0.364. The Labute approximate surface area is 109 Å². The van der Waals surface area contributed by atoms with Crippen LogP contribution in [0.5, 0.6) is 11.5 Å². The van der Waals surface area contributed by atoms with Gasteiger partial charge in [-0.05, 0) is 24.3 Å². The standard InChI is InChI=1S/C12H16O7/c13-5-8-9(15)10(16)11(17)12(19-8)18-7-3-1-6(14)2-4-7/h1-4,8-17H,5H2/t8-,9-,10+,11+,12-/m1/s1. The fraction of sp³-hybridized carbons (Fsp3) is 0.500. The molecule has 0 aromatic heterocycles. The molecular formula is C12H16O7. The van der Waals surface area contributed by atoms with Crippen molar-refractivity contribution in [3.05, 3.63) is 24.3 Å². The lowest BCUT2D eigenvalue weighted by molar-refractivity contribution is -0.277. The predicted octanol–water partition coefficient (Wildman–Crippen LogP) is -1.43. The van der Waals surface area contributed by atoms with E-state index in [-0.39, 0.29) is 5.75 Å². The third kappa shape index (κ3) is 2.96. The Morgan fingerprint density at radius 1 is 1.00 bits per heavy atom. The fourth-order valence-corrected chi connectivity index (χ4v) is 1.82. The van der Waals surface area contributed by atoms with Crippen molar-refractivity contribution in [2.75, 3.05) is 6.61 Å². The van der Waals surface area contributed by atoms with Crippen LogP contribution in [0.25, 0.3) is 0 Å². The molecule has 0 unspecified atom stereocenters. The van der Waals surface area contributed by atoms with Gasteiger partial charge in [0.25, 0.3) is 0 Å². The van der Waals surface area contributed by atoms with Crippen molar-refractivity contribution in [2.24, 2.45) is 0 Å². The van der Waals surface area contributed by atoms with Gasteiger partial charge < -0.3 is 35.0 Å². The molecule has 1 aliphatic rings. The second kappa shape index (κ2) is 5.72. The summed E-state index contributed by atoms with van der Waals surface area (Å²) in [7, 11) is 0. The molecule has 1 heterocycles. The van der Waals surface area contributed by atoms with Crippen LogP contribution in [0.2, 0.25) is 0 Å². The van der Waals surface area contributed by atoms with Gasteiger partial charge in [0.15, 0.2) is 0 Å². The number of benzene rings is 1. The highest BCUT2D eigenvalue weighted by molar-refractivity contribution is 5.30. The van der Waals surface area contributed by atoms with E-state index >= 15 is 0 Å². The number of hydrogen-bond acceptors (Lipinski definition) is 7. The van der Waals surface area contributed by atoms with Gasteiger partial charge in [-0.3, -0.25) is 0 Å². The van der Waals surface area contributed by atoms with E-state index in [1.807, 2.05) is 0 Å². The largest absolute Gasteiger partial charge is 0.508 e. The Morgan fingerprint density at radius 2 is 1.63 bits per heavy atom. The normalized spacial score (nSPS) is 35.1. The van der Waals surface area contributed by atoms with Crippen LogP contribution in [0.1, 0.15) is 0 Å². The smallest absolute Gasteiger partial charge is 0.229 e. The van der Waals surface area contributed by atoms with Gasteiger partial charge in [0, 0.05) is 0 Å². The summed E-state index contributed by atoms with van der Waals surface area (Å²) in [5.41, 5.74) is 0. The third-order valence-corrected chi connectivity index (χ3v) is 2.94. The van der Waals surface area contributed by atoms with Crippen molar-refractivity contribution in [1.82, 2.24) is 0 Å². The molecule has 1 aliphatic heterocycles. The maximum atomic E-state index is 9.75. The van der Waals surface area contributed by atoms with E-state index in [0.29, 0.717) is 5.75 Å². The number of ether oxygens (including phenoxy) is 2. The maximum Gasteiger partial charge on any atom is 0.229 e. The Kier molecular flexibility index (Phi) is 4.23. The van der Waals surface area contributed by atoms with E-state index in [9.17, 15) is 15.3 Å². The molecule has 7 heteroatoms. The molecule has 19 heavy (non-hydrogen) atoms. The molecule has 1 fully saturated rings. The van der Waals surface area contributed by atoms with Gasteiger partial charge in [-0.1, -0.05) is 0 Å². The number of rotatable bonds is 3. The van der Waals surface area contributed by atoms with E-state index in [2.05, 4.69) is 0 Å². The van der Waals surface area contributed by atoms with Gasteiger partial charge in [-0.15, -0.1) is 0 Å². The van der Waals surface area contributed by atoms with E-state index < -0.39 is 37.3 Å². The van der Waals surface area contributed by atoms with E-state index in [4.69, 9.17) is 19.7 Å². The van der Waals surface area contributed by atoms with E-state index in [1.165, 1.54) is 24.3 Å². The summed E-state index contributed by atoms with van der Waals surface area (Å²) in [6.07, 6.45) is -6.58. The minimum atomic E-state index is -1.48. The summed E-state index contributed by atoms with van der Waals surface area (Å²) in [5, 5.41) is 47.1. The quantitative estimate of drug-likeness (QED) is 0.457. The molecule has 106 valence electrons. The molecule has 0 bridgehead atoms. The lowest BCUT2D eigenvalue weighted by Gasteiger charge is -2.39. The fourth-order valence-electron chi connectivity index (χ4n) is 1.82. The number of phenols is 1. The van der Waals surface area contributed by atoms with Crippen LogP contribution in [0.15, 0.2) is 24.3 Å². The molecule has 5 atom stereocenters. The zero-order chi connectivity index (χ0) is 14.0. The second-order valence-corrected chi connectivity index (χ2v) is 4.31. The lowest BCUT2D eigenvalue weighted by Crippen LogP contribution is -2.60. The van der Waals surface area contributed by atoms with Crippen LogP contribution in [-0.2, 0) is 4.74 Å². The Hall–Kier alpha value is -1.38. The first-order chi connectivity index (χ1) is 9.02. The highest BCUT2D eigenvalue weighted by Crippen LogP contribution is 2.25. The molecule has 1 aromatic rings. The van der Waals surface area contributed by atoms with Gasteiger partial charge in [-0.2, -0.15) is 0 Å². The Bertz CT molecular complexity index is 405. The van der Waals surface area contributed by atoms with Crippen molar-refractivity contribution >= 4 is 0 Å². The lowest BCUT2D eigenvalue weighted by atomic mass is 9.99. The van der Waals surface area contributed by atoms with Crippen molar-refractivity contribution in [1.29, 1.82) is 0 Å². The van der Waals surface area contributed by atoms with Crippen molar-refractivity contribution < 1.29 is 35.0 Å². The van der Waals surface area contributed by atoms with Gasteiger partial charge in [0.2, 0.25) is 6.29 Å². The van der Waals surface area contributed by atoms with Crippen LogP contribution in [0, 0.1) is 0 Å². The monoisotopic (exact) mass is 272 g/mol. The summed E-state index contributed by atoms with van der Waals surface area (Å²) in [6, 6.07) is 5.69. The molecule has 7 nitrogen and oxygen atoms in total. The first-order valence-electron chi connectivity index (χ1n) is 5.79. The summed E-state index contributed by atoms with van der Waals surface area (Å²) in [4.78, 5) is 0. The number of aliphatic hydroxyl groups is 4. The van der Waals surface area contributed by atoms with Gasteiger partial charge in [0.1, 0.15) is 35.9 Å². The van der Waals surface area contributed by atoms with E-state index in [0.717, 1.165) is 0 Å². The zero-order valence-corrected chi connectivity index (χ0v) is 9.96. The molecule has 1 aromatic carbocycles. The molecule has 0 spiro atoms. The predicted molar refractivity (Wildman–Crippen MR) is 62.5 cm³/mol. The van der Waals surface area contributed by atoms with Crippen LogP contribution in [0.4, 0.5) is 0 Å². The maximum absolute atomic E-state index is 9.75. The molecule has 1 saturated heterocycles. The second-order valence-electron chi connectivity index (χ2n) is 4.31. The van der Waals surface area contributed by atoms with Crippen LogP contribution in [-0.4, -0.2) is 62.8 Å². The number of phenolic OH excluding ortho intramolecular Hbond substituents is 1. The Balaban J connectivity index is 2.08. The molecule has 0 saturated carbocycles. The topological polar surface area (TPSA) is 120 Å². The zero-order valence-electron chi connectivity index (χ0n) is 9.96. The number of aromatic hydroxyl groups is 1. The Morgan fingerprint density at radius 3 is 2.21 bits per heavy atom. The van der Waals surface area contributed by atoms with Gasteiger partial charge >= 0.3 is 0 Å². The minimum absolute atomic E-state index is 0.0566. The molecule has 0 radical (unpaired) electrons. The first-order valence-corrected chi connectivity index (χ1v) is 5.79. The average Bonchev–Trinajstić information content (AvgIpc) is 2.42. The third-order valence-electron chi connectivity index (χ3n) is 2.94. The molecule has 0 amide bonds. The van der Waals surface area contributed by atoms with Crippen molar-refractivity contribution in [2.45, 2.75) is 30.7 Å². The summed E-state index contributed by atoms with van der Waals surface area (Å²) >= 11 is 0. The van der Waals surface area contributed by atoms with Crippen molar-refractivity contribution in [3.63, 3.8) is 0 Å². The molecule has 0 aliphatic carbocycles. The van der Waals surface area contributed by atoms with Gasteiger partial charge in [-0.25, -0.2) is 0 Å². The number of aliphatic hydroxyl groups excluding tert-OH is 4. The average molecular weight is 272 g/mol. The van der Waals surface area contributed by atoms with Crippen molar-refractivity contribution in [3.8, 4) is 11.5 Å².